The number of fused-ring (bicyclic) bond motifs is 3. The molecule has 2 aromatic heterocycles. The van der Waals surface area contributed by atoms with Crippen molar-refractivity contribution in [3.8, 4) is 0 Å². The number of imidazole rings is 1. The number of amides is 1. The third kappa shape index (κ3) is 2.76. The number of nitrogens with zero attached hydrogens (tertiary/aromatic N) is 3. The highest BCUT2D eigenvalue weighted by Gasteiger charge is 2.28. The SMILES string of the molecule is Cc1cc(C(=O)CCC(=O)N2CCn3c2nc2ccccc23)c(C)s1. The molecule has 5 nitrogen and oxygen atoms in total. The van der Waals surface area contributed by atoms with E-state index in [1.54, 1.807) is 16.2 Å². The summed E-state index contributed by atoms with van der Waals surface area (Å²) in [7, 11) is 0. The van der Waals surface area contributed by atoms with Crippen molar-refractivity contribution in [1.29, 1.82) is 0 Å². The van der Waals surface area contributed by atoms with Crippen LogP contribution in [-0.4, -0.2) is 27.8 Å². The average Bonchev–Trinajstić information content (AvgIpc) is 3.25. The summed E-state index contributed by atoms with van der Waals surface area (Å²) in [4.78, 5) is 33.5. The summed E-state index contributed by atoms with van der Waals surface area (Å²) >= 11 is 1.62. The van der Waals surface area contributed by atoms with E-state index in [2.05, 4.69) is 9.55 Å². The average molecular weight is 353 g/mol. The van der Waals surface area contributed by atoms with E-state index in [1.807, 2.05) is 44.2 Å². The van der Waals surface area contributed by atoms with E-state index in [0.29, 0.717) is 12.5 Å². The Morgan fingerprint density at radius 1 is 1.16 bits per heavy atom. The third-order valence-electron chi connectivity index (χ3n) is 4.63. The van der Waals surface area contributed by atoms with Crippen LogP contribution in [0.3, 0.4) is 0 Å². The van der Waals surface area contributed by atoms with Crippen molar-refractivity contribution in [3.05, 3.63) is 45.6 Å². The first kappa shape index (κ1) is 16.0. The number of anilines is 1. The number of thiophene rings is 1. The summed E-state index contributed by atoms with van der Waals surface area (Å²) in [5.74, 6) is 0.705. The monoisotopic (exact) mass is 353 g/mol. The number of aryl methyl sites for hydroxylation is 2. The van der Waals surface area contributed by atoms with Gasteiger partial charge in [0, 0.05) is 41.2 Å². The van der Waals surface area contributed by atoms with Gasteiger partial charge < -0.3 is 4.57 Å². The molecule has 0 saturated heterocycles. The Bertz CT molecular complexity index is 986. The lowest BCUT2D eigenvalue weighted by molar-refractivity contribution is -0.118. The molecule has 128 valence electrons. The van der Waals surface area contributed by atoms with Gasteiger partial charge in [-0.3, -0.25) is 14.5 Å². The number of hydrogen-bond acceptors (Lipinski definition) is 4. The fourth-order valence-corrected chi connectivity index (χ4v) is 4.37. The van der Waals surface area contributed by atoms with E-state index in [0.717, 1.165) is 32.9 Å². The number of ketones is 1. The Balaban J connectivity index is 1.48. The fourth-order valence-electron chi connectivity index (χ4n) is 3.42. The number of carbonyl (C=O) groups is 2. The van der Waals surface area contributed by atoms with Gasteiger partial charge in [0.1, 0.15) is 0 Å². The molecular weight excluding hydrogens is 334 g/mol. The molecule has 4 rings (SSSR count). The molecule has 0 bridgehead atoms. The van der Waals surface area contributed by atoms with Crippen LogP contribution in [-0.2, 0) is 11.3 Å². The molecule has 1 amide bonds. The number of benzene rings is 1. The van der Waals surface area contributed by atoms with Gasteiger partial charge in [-0.25, -0.2) is 4.98 Å². The minimum Gasteiger partial charge on any atom is -0.308 e. The summed E-state index contributed by atoms with van der Waals surface area (Å²) in [6.45, 7) is 5.32. The maximum atomic E-state index is 12.6. The number of rotatable bonds is 4. The summed E-state index contributed by atoms with van der Waals surface area (Å²) in [6.07, 6.45) is 0.461. The molecule has 3 heterocycles. The highest BCUT2D eigenvalue weighted by molar-refractivity contribution is 7.12. The van der Waals surface area contributed by atoms with Crippen LogP contribution in [0.4, 0.5) is 5.95 Å². The van der Waals surface area contributed by atoms with E-state index in [4.69, 9.17) is 0 Å². The van der Waals surface area contributed by atoms with E-state index in [9.17, 15) is 9.59 Å². The van der Waals surface area contributed by atoms with Gasteiger partial charge in [-0.05, 0) is 32.0 Å². The molecular formula is C19H19N3O2S. The summed E-state index contributed by atoms with van der Waals surface area (Å²) in [5, 5.41) is 0. The largest absolute Gasteiger partial charge is 0.308 e. The van der Waals surface area contributed by atoms with Gasteiger partial charge in [0.05, 0.1) is 11.0 Å². The Kier molecular flexibility index (Phi) is 3.92. The van der Waals surface area contributed by atoms with Crippen LogP contribution in [0.5, 0.6) is 0 Å². The number of aromatic nitrogens is 2. The molecule has 1 aromatic carbocycles. The number of carbonyl (C=O) groups excluding carboxylic acids is 2. The molecule has 6 heteroatoms. The molecule has 0 unspecified atom stereocenters. The molecule has 3 aromatic rings. The van der Waals surface area contributed by atoms with E-state index >= 15 is 0 Å². The molecule has 0 atom stereocenters. The zero-order valence-electron chi connectivity index (χ0n) is 14.3. The lowest BCUT2D eigenvalue weighted by Gasteiger charge is -2.13. The van der Waals surface area contributed by atoms with Crippen LogP contribution in [0.15, 0.2) is 30.3 Å². The van der Waals surface area contributed by atoms with Crippen molar-refractivity contribution in [1.82, 2.24) is 9.55 Å². The van der Waals surface area contributed by atoms with Crippen molar-refractivity contribution in [2.75, 3.05) is 11.4 Å². The molecule has 0 aliphatic carbocycles. The Morgan fingerprint density at radius 2 is 1.96 bits per heavy atom. The second-order valence-corrected chi connectivity index (χ2v) is 7.81. The van der Waals surface area contributed by atoms with Gasteiger partial charge >= 0.3 is 0 Å². The van der Waals surface area contributed by atoms with Gasteiger partial charge in [0.15, 0.2) is 5.78 Å². The third-order valence-corrected chi connectivity index (χ3v) is 5.60. The zero-order valence-corrected chi connectivity index (χ0v) is 15.1. The maximum absolute atomic E-state index is 12.6. The maximum Gasteiger partial charge on any atom is 0.229 e. The van der Waals surface area contributed by atoms with Crippen molar-refractivity contribution < 1.29 is 9.59 Å². The molecule has 25 heavy (non-hydrogen) atoms. The van der Waals surface area contributed by atoms with Gasteiger partial charge in [0.2, 0.25) is 11.9 Å². The zero-order chi connectivity index (χ0) is 17.6. The minimum absolute atomic E-state index is 0.0352. The van der Waals surface area contributed by atoms with Crippen LogP contribution in [0, 0.1) is 13.8 Å². The van der Waals surface area contributed by atoms with Crippen LogP contribution >= 0.6 is 11.3 Å². The molecule has 0 radical (unpaired) electrons. The quantitative estimate of drug-likeness (QED) is 0.672. The van der Waals surface area contributed by atoms with Gasteiger partial charge in [-0.15, -0.1) is 11.3 Å². The van der Waals surface area contributed by atoms with E-state index < -0.39 is 0 Å². The van der Waals surface area contributed by atoms with Crippen molar-refractivity contribution in [2.45, 2.75) is 33.2 Å². The predicted molar refractivity (Wildman–Crippen MR) is 99.4 cm³/mol. The predicted octanol–water partition coefficient (Wildman–Crippen LogP) is 3.72. The lowest BCUT2D eigenvalue weighted by atomic mass is 10.1. The Hall–Kier alpha value is -2.47. The summed E-state index contributed by atoms with van der Waals surface area (Å²) < 4.78 is 2.07. The van der Waals surface area contributed by atoms with Crippen LogP contribution in [0.25, 0.3) is 11.0 Å². The normalized spacial score (nSPS) is 13.4. The molecule has 0 N–H and O–H groups in total. The Morgan fingerprint density at radius 3 is 2.72 bits per heavy atom. The minimum atomic E-state index is -0.0352. The summed E-state index contributed by atoms with van der Waals surface area (Å²) in [5.41, 5.74) is 2.70. The highest BCUT2D eigenvalue weighted by atomic mass is 32.1. The first-order chi connectivity index (χ1) is 12.0. The number of hydrogen-bond donors (Lipinski definition) is 0. The molecule has 1 aliphatic heterocycles. The highest BCUT2D eigenvalue weighted by Crippen LogP contribution is 2.28. The molecule has 0 saturated carbocycles. The van der Waals surface area contributed by atoms with Gasteiger partial charge in [-0.2, -0.15) is 0 Å². The van der Waals surface area contributed by atoms with Crippen molar-refractivity contribution >= 4 is 40.0 Å². The number of para-hydroxylation sites is 2. The van der Waals surface area contributed by atoms with Gasteiger partial charge in [-0.1, -0.05) is 12.1 Å². The molecule has 0 fully saturated rings. The fraction of sp³-hybridized carbons (Fsp3) is 0.316. The lowest BCUT2D eigenvalue weighted by Crippen LogP contribution is -2.29. The van der Waals surface area contributed by atoms with Crippen LogP contribution < -0.4 is 4.90 Å². The van der Waals surface area contributed by atoms with Crippen molar-refractivity contribution in [3.63, 3.8) is 0 Å². The number of Topliss-reactive ketones (excluding diaryl/α,β-unsaturated/α-hetero) is 1. The Labute approximate surface area is 149 Å². The molecule has 0 spiro atoms. The first-order valence-corrected chi connectivity index (χ1v) is 9.22. The molecule has 1 aliphatic rings. The van der Waals surface area contributed by atoms with E-state index in [-0.39, 0.29) is 24.5 Å². The van der Waals surface area contributed by atoms with Crippen LogP contribution in [0.1, 0.15) is 33.0 Å². The topological polar surface area (TPSA) is 55.2 Å². The second-order valence-electron chi connectivity index (χ2n) is 6.35. The smallest absolute Gasteiger partial charge is 0.229 e. The van der Waals surface area contributed by atoms with E-state index in [1.165, 1.54) is 0 Å². The standard InChI is InChI=1S/C19H19N3O2S/c1-12-11-14(13(2)25-12)17(23)7-8-18(24)22-10-9-21-16-6-4-3-5-15(16)20-19(21)22/h3-6,11H,7-10H2,1-2H3. The van der Waals surface area contributed by atoms with Gasteiger partial charge in [0.25, 0.3) is 0 Å². The second kappa shape index (κ2) is 6.11. The van der Waals surface area contributed by atoms with Crippen molar-refractivity contribution in [2.24, 2.45) is 0 Å². The summed E-state index contributed by atoms with van der Waals surface area (Å²) in [6, 6.07) is 9.81. The first-order valence-electron chi connectivity index (χ1n) is 8.40. The van der Waals surface area contributed by atoms with Crippen LogP contribution in [0.2, 0.25) is 0 Å².